The summed E-state index contributed by atoms with van der Waals surface area (Å²) in [6, 6.07) is 55.5. The fraction of sp³-hybridized carbons (Fsp3) is 0. The lowest BCUT2D eigenvalue weighted by atomic mass is 9.64. The van der Waals surface area contributed by atoms with Gasteiger partial charge in [-0.15, -0.1) is 0 Å². The van der Waals surface area contributed by atoms with Crippen molar-refractivity contribution in [3.05, 3.63) is 164 Å². The van der Waals surface area contributed by atoms with E-state index in [4.69, 9.17) is 35.8 Å². The van der Waals surface area contributed by atoms with Gasteiger partial charge in [0.05, 0.1) is 0 Å². The average Bonchev–Trinajstić information content (AvgIpc) is 3.60. The molecule has 0 fully saturated rings. The zero-order valence-electron chi connectivity index (χ0n) is 28.3. The summed E-state index contributed by atoms with van der Waals surface area (Å²) in [5, 5.41) is 4.41. The Balaban J connectivity index is 1.15. The van der Waals surface area contributed by atoms with Crippen molar-refractivity contribution in [3.8, 4) is 33.4 Å². The van der Waals surface area contributed by atoms with Gasteiger partial charge in [0, 0.05) is 33.2 Å². The van der Waals surface area contributed by atoms with Crippen LogP contribution in [0.2, 0.25) is 0 Å². The van der Waals surface area contributed by atoms with Crippen molar-refractivity contribution in [2.75, 3.05) is 4.90 Å². The zero-order chi connectivity index (χ0) is 35.3. The van der Waals surface area contributed by atoms with E-state index in [2.05, 4.69) is 78.9 Å². The van der Waals surface area contributed by atoms with Gasteiger partial charge in [-0.2, -0.15) is 0 Å². The Morgan fingerprint density at radius 3 is 1.69 bits per heavy atom. The van der Waals surface area contributed by atoms with Gasteiger partial charge in [0.2, 0.25) is 0 Å². The maximum absolute atomic E-state index is 6.94. The molecule has 0 aliphatic carbocycles. The number of benzene rings is 8. The molecule has 0 bridgehead atoms. The van der Waals surface area contributed by atoms with Crippen molar-refractivity contribution in [2.45, 2.75) is 0 Å². The van der Waals surface area contributed by atoms with Crippen LogP contribution in [-0.2, 0) is 0 Å². The lowest BCUT2D eigenvalue weighted by Gasteiger charge is -2.33. The standard InChI is InChI=1S/C46H27B4NO/c47-41-39(32-20-18-29(19-21-32)28-10-3-1-4-11-28)42(48)44(50)45(43(41)49)51(33-13-5-2-6-14-33)34-25-22-31(23-26-34)35-16-9-17-38-40(35)37-27-24-30-12-7-8-15-36(30)46(37)52-38/h1-27H. The monoisotopic (exact) mass is 653 g/mol. The highest BCUT2D eigenvalue weighted by molar-refractivity contribution is 6.63. The third-order valence-corrected chi connectivity index (χ3v) is 9.97. The van der Waals surface area contributed by atoms with Gasteiger partial charge in [0.1, 0.15) is 42.6 Å². The Kier molecular flexibility index (Phi) is 7.89. The number of hydrogen-bond donors (Lipinski definition) is 0. The second-order valence-corrected chi connectivity index (χ2v) is 13.0. The first-order chi connectivity index (χ1) is 25.5. The van der Waals surface area contributed by atoms with Crippen LogP contribution in [0.3, 0.4) is 0 Å². The maximum atomic E-state index is 6.94. The van der Waals surface area contributed by atoms with Gasteiger partial charge in [-0.3, -0.25) is 0 Å². The second-order valence-electron chi connectivity index (χ2n) is 13.0. The van der Waals surface area contributed by atoms with Gasteiger partial charge in [0.25, 0.3) is 0 Å². The summed E-state index contributed by atoms with van der Waals surface area (Å²) >= 11 is 0. The molecule has 234 valence electrons. The molecule has 2 nitrogen and oxygen atoms in total. The SMILES string of the molecule is [B]c1c([B])c(N(c2ccccc2)c2ccc(-c3cccc4oc5c6ccccc6ccc5c34)cc2)c([B])c([B])c1-c1ccc(-c2ccccc2)cc1. The summed E-state index contributed by atoms with van der Waals surface area (Å²) in [6.45, 7) is 0. The summed E-state index contributed by atoms with van der Waals surface area (Å²) < 4.78 is 6.46. The first-order valence-corrected chi connectivity index (χ1v) is 17.2. The topological polar surface area (TPSA) is 16.4 Å². The molecule has 0 saturated carbocycles. The molecular weight excluding hydrogens is 626 g/mol. The van der Waals surface area contributed by atoms with Crippen LogP contribution < -0.4 is 26.8 Å². The Hall–Kier alpha value is -6.12. The van der Waals surface area contributed by atoms with Crippen molar-refractivity contribution in [2.24, 2.45) is 0 Å². The minimum absolute atomic E-state index is 0.351. The summed E-state index contributed by atoms with van der Waals surface area (Å²) in [5.41, 5.74) is 11.2. The van der Waals surface area contributed by atoms with Crippen molar-refractivity contribution in [3.63, 3.8) is 0 Å². The molecule has 8 radical (unpaired) electrons. The molecule has 0 unspecified atom stereocenters. The molecule has 9 aromatic rings. The van der Waals surface area contributed by atoms with E-state index in [1.54, 1.807) is 0 Å². The van der Waals surface area contributed by atoms with E-state index in [-0.39, 0.29) is 0 Å². The highest BCUT2D eigenvalue weighted by Gasteiger charge is 2.22. The first-order valence-electron chi connectivity index (χ1n) is 17.2. The Morgan fingerprint density at radius 1 is 0.404 bits per heavy atom. The molecule has 0 atom stereocenters. The zero-order valence-corrected chi connectivity index (χ0v) is 28.3. The van der Waals surface area contributed by atoms with E-state index >= 15 is 0 Å². The van der Waals surface area contributed by atoms with E-state index in [0.717, 1.165) is 71.9 Å². The highest BCUT2D eigenvalue weighted by atomic mass is 16.3. The molecule has 0 saturated heterocycles. The Bertz CT molecular complexity index is 2730. The van der Waals surface area contributed by atoms with E-state index < -0.39 is 0 Å². The van der Waals surface area contributed by atoms with Gasteiger partial charge in [-0.1, -0.05) is 149 Å². The van der Waals surface area contributed by atoms with Gasteiger partial charge < -0.3 is 9.32 Å². The molecule has 0 aliphatic heterocycles. The quantitative estimate of drug-likeness (QED) is 0.168. The van der Waals surface area contributed by atoms with Crippen molar-refractivity contribution < 1.29 is 4.42 Å². The van der Waals surface area contributed by atoms with Gasteiger partial charge >= 0.3 is 0 Å². The molecule has 52 heavy (non-hydrogen) atoms. The number of anilines is 3. The van der Waals surface area contributed by atoms with Gasteiger partial charge in [0.15, 0.2) is 0 Å². The summed E-state index contributed by atoms with van der Waals surface area (Å²) in [7, 11) is 27.6. The number of rotatable bonds is 6. The van der Waals surface area contributed by atoms with Crippen LogP contribution in [0.15, 0.2) is 168 Å². The van der Waals surface area contributed by atoms with Gasteiger partial charge in [-0.25, -0.2) is 0 Å². The van der Waals surface area contributed by atoms with E-state index in [0.29, 0.717) is 33.1 Å². The summed E-state index contributed by atoms with van der Waals surface area (Å²) in [6.07, 6.45) is 0. The van der Waals surface area contributed by atoms with Crippen molar-refractivity contribution >= 4 is 103 Å². The van der Waals surface area contributed by atoms with Crippen LogP contribution in [0.1, 0.15) is 0 Å². The summed E-state index contributed by atoms with van der Waals surface area (Å²) in [5.74, 6) is 0. The third kappa shape index (κ3) is 5.26. The molecule has 0 aliphatic rings. The number of fused-ring (bicyclic) bond motifs is 5. The molecule has 9 rings (SSSR count). The van der Waals surface area contributed by atoms with Crippen molar-refractivity contribution in [1.82, 2.24) is 0 Å². The second kappa shape index (κ2) is 12.9. The normalized spacial score (nSPS) is 11.4. The molecule has 1 heterocycles. The van der Waals surface area contributed by atoms with Crippen molar-refractivity contribution in [1.29, 1.82) is 0 Å². The minimum Gasteiger partial charge on any atom is -0.455 e. The molecular formula is C46H27B4NO. The fourth-order valence-electron chi connectivity index (χ4n) is 7.40. The van der Waals surface area contributed by atoms with Crippen LogP contribution in [0.25, 0.3) is 66.1 Å². The lowest BCUT2D eigenvalue weighted by Crippen LogP contribution is -2.46. The number of nitrogens with zero attached hydrogens (tertiary/aromatic N) is 1. The van der Waals surface area contributed by atoms with E-state index in [1.165, 1.54) is 0 Å². The predicted molar refractivity (Wildman–Crippen MR) is 224 cm³/mol. The maximum Gasteiger partial charge on any atom is 0.143 e. The first kappa shape index (κ1) is 31.8. The van der Waals surface area contributed by atoms with E-state index in [1.807, 2.05) is 89.8 Å². The van der Waals surface area contributed by atoms with Crippen LogP contribution in [0.5, 0.6) is 0 Å². The number of para-hydroxylation sites is 1. The van der Waals surface area contributed by atoms with Crippen LogP contribution in [-0.4, -0.2) is 31.4 Å². The molecule has 0 amide bonds. The largest absolute Gasteiger partial charge is 0.455 e. The number of hydrogen-bond acceptors (Lipinski definition) is 2. The predicted octanol–water partition coefficient (Wildman–Crippen LogP) is 8.39. The molecule has 1 aromatic heterocycles. The molecule has 0 N–H and O–H groups in total. The highest BCUT2D eigenvalue weighted by Crippen LogP contribution is 2.41. The van der Waals surface area contributed by atoms with Crippen LogP contribution >= 0.6 is 0 Å². The molecule has 6 heteroatoms. The average molecular weight is 653 g/mol. The smallest absolute Gasteiger partial charge is 0.143 e. The lowest BCUT2D eigenvalue weighted by molar-refractivity contribution is 0.673. The fourth-order valence-corrected chi connectivity index (χ4v) is 7.40. The van der Waals surface area contributed by atoms with E-state index in [9.17, 15) is 0 Å². The Morgan fingerprint density at radius 2 is 0.981 bits per heavy atom. The number of furan rings is 1. The molecule has 8 aromatic carbocycles. The van der Waals surface area contributed by atoms with Crippen LogP contribution in [0, 0.1) is 0 Å². The summed E-state index contributed by atoms with van der Waals surface area (Å²) in [4.78, 5) is 2.02. The molecule has 0 spiro atoms. The Labute approximate surface area is 308 Å². The minimum atomic E-state index is 0.351. The van der Waals surface area contributed by atoms with Crippen LogP contribution in [0.4, 0.5) is 17.1 Å². The van der Waals surface area contributed by atoms with Gasteiger partial charge in [-0.05, 0) is 75.2 Å². The third-order valence-electron chi connectivity index (χ3n) is 9.97.